The molecule has 1 aliphatic heterocycles. The predicted octanol–water partition coefficient (Wildman–Crippen LogP) is 1.54. The fourth-order valence-electron chi connectivity index (χ4n) is 2.71. The number of rotatable bonds is 5. The summed E-state index contributed by atoms with van der Waals surface area (Å²) in [6.07, 6.45) is 0.707. The van der Waals surface area contributed by atoms with Gasteiger partial charge in [0.15, 0.2) is 0 Å². The van der Waals surface area contributed by atoms with E-state index >= 15 is 0 Å². The minimum absolute atomic E-state index is 0.0837. The summed E-state index contributed by atoms with van der Waals surface area (Å²) in [5, 5.41) is 2.61. The number of amides is 2. The second-order valence-electron chi connectivity index (χ2n) is 6.03. The molecule has 0 saturated carbocycles. The van der Waals surface area contributed by atoms with Crippen LogP contribution in [0.15, 0.2) is 53.4 Å². The lowest BCUT2D eigenvalue weighted by Crippen LogP contribution is -2.47. The molecule has 2 aromatic carbocycles. The molecule has 0 radical (unpaired) electrons. The summed E-state index contributed by atoms with van der Waals surface area (Å²) >= 11 is 0. The Kier molecular flexibility index (Phi) is 5.52. The predicted molar refractivity (Wildman–Crippen MR) is 97.2 cm³/mol. The Morgan fingerprint density at radius 3 is 2.11 bits per heavy atom. The molecule has 27 heavy (non-hydrogen) atoms. The normalized spacial score (nSPS) is 15.4. The third kappa shape index (κ3) is 4.32. The minimum Gasteiger partial charge on any atom is -0.343 e. The molecule has 7 nitrogen and oxygen atoms in total. The molecule has 2 amide bonds. The van der Waals surface area contributed by atoms with Crippen LogP contribution in [0.2, 0.25) is 0 Å². The van der Waals surface area contributed by atoms with Gasteiger partial charge in [-0.2, -0.15) is 4.31 Å². The van der Waals surface area contributed by atoms with Crippen LogP contribution < -0.4 is 5.32 Å². The number of hydrogen-bond donors (Lipinski definition) is 1. The monoisotopic (exact) mass is 391 g/mol. The summed E-state index contributed by atoms with van der Waals surface area (Å²) in [7, 11) is -3.68. The number of piperazine rings is 1. The Labute approximate surface area is 156 Å². The number of sulfonamides is 1. The largest absolute Gasteiger partial charge is 0.343 e. The van der Waals surface area contributed by atoms with Crippen LogP contribution >= 0.6 is 0 Å². The van der Waals surface area contributed by atoms with E-state index in [-0.39, 0.29) is 23.5 Å². The SMILES string of the molecule is O=CN1CCN(S(=O)(=O)c2ccc(C(=O)Nc3ccc(F)cc3)cc2)CC1. The highest BCUT2D eigenvalue weighted by Gasteiger charge is 2.28. The van der Waals surface area contributed by atoms with Gasteiger partial charge in [-0.15, -0.1) is 0 Å². The molecule has 0 aromatic heterocycles. The van der Waals surface area contributed by atoms with Gasteiger partial charge in [0.05, 0.1) is 4.90 Å². The molecule has 1 N–H and O–H groups in total. The van der Waals surface area contributed by atoms with Gasteiger partial charge in [-0.3, -0.25) is 9.59 Å². The van der Waals surface area contributed by atoms with Crippen LogP contribution in [0.1, 0.15) is 10.4 Å². The smallest absolute Gasteiger partial charge is 0.255 e. The van der Waals surface area contributed by atoms with Gasteiger partial charge >= 0.3 is 0 Å². The molecule has 0 unspecified atom stereocenters. The van der Waals surface area contributed by atoms with Crippen LogP contribution in [-0.2, 0) is 14.8 Å². The van der Waals surface area contributed by atoms with E-state index in [0.29, 0.717) is 25.2 Å². The number of carbonyl (C=O) groups is 2. The van der Waals surface area contributed by atoms with Crippen LogP contribution in [0.5, 0.6) is 0 Å². The zero-order valence-electron chi connectivity index (χ0n) is 14.3. The summed E-state index contributed by atoms with van der Waals surface area (Å²) in [5.41, 5.74) is 0.718. The van der Waals surface area contributed by atoms with Gasteiger partial charge in [0.2, 0.25) is 16.4 Å². The van der Waals surface area contributed by atoms with Crippen molar-refractivity contribution in [2.75, 3.05) is 31.5 Å². The highest BCUT2D eigenvalue weighted by Crippen LogP contribution is 2.19. The standard InChI is InChI=1S/C18H18FN3O4S/c19-15-3-5-16(6-4-15)20-18(24)14-1-7-17(8-2-14)27(25,26)22-11-9-21(13-23)10-12-22/h1-8,13H,9-12H2,(H,20,24). The van der Waals surface area contributed by atoms with Gasteiger partial charge < -0.3 is 10.2 Å². The maximum absolute atomic E-state index is 12.9. The van der Waals surface area contributed by atoms with Gasteiger partial charge in [0.1, 0.15) is 5.82 Å². The second-order valence-corrected chi connectivity index (χ2v) is 7.97. The number of hydrogen-bond acceptors (Lipinski definition) is 4. The third-order valence-corrected chi connectivity index (χ3v) is 6.19. The van der Waals surface area contributed by atoms with E-state index in [1.807, 2.05) is 0 Å². The van der Waals surface area contributed by atoms with Crippen LogP contribution in [0.3, 0.4) is 0 Å². The van der Waals surface area contributed by atoms with E-state index in [1.54, 1.807) is 0 Å². The van der Waals surface area contributed by atoms with Crippen LogP contribution in [0.4, 0.5) is 10.1 Å². The van der Waals surface area contributed by atoms with Crippen molar-refractivity contribution in [3.05, 3.63) is 59.9 Å². The third-order valence-electron chi connectivity index (χ3n) is 4.28. The average Bonchev–Trinajstić information content (AvgIpc) is 2.70. The molecule has 2 aromatic rings. The lowest BCUT2D eigenvalue weighted by atomic mass is 10.2. The van der Waals surface area contributed by atoms with Crippen molar-refractivity contribution in [3.8, 4) is 0 Å². The maximum Gasteiger partial charge on any atom is 0.255 e. The summed E-state index contributed by atoms with van der Waals surface area (Å²) in [5.74, 6) is -0.832. The fraction of sp³-hybridized carbons (Fsp3) is 0.222. The van der Waals surface area contributed by atoms with Crippen molar-refractivity contribution in [1.82, 2.24) is 9.21 Å². The van der Waals surface area contributed by atoms with Crippen molar-refractivity contribution < 1.29 is 22.4 Å². The van der Waals surface area contributed by atoms with E-state index in [0.717, 1.165) is 0 Å². The number of halogens is 1. The molecular formula is C18H18FN3O4S. The van der Waals surface area contributed by atoms with Crippen LogP contribution in [0, 0.1) is 5.82 Å². The van der Waals surface area contributed by atoms with E-state index in [4.69, 9.17) is 0 Å². The molecule has 0 spiro atoms. The van der Waals surface area contributed by atoms with Gasteiger partial charge in [-0.05, 0) is 48.5 Å². The summed E-state index contributed by atoms with van der Waals surface area (Å²) in [4.78, 5) is 24.6. The van der Waals surface area contributed by atoms with Crippen molar-refractivity contribution in [3.63, 3.8) is 0 Å². The van der Waals surface area contributed by atoms with E-state index in [2.05, 4.69) is 5.32 Å². The Bertz CT molecular complexity index is 922. The van der Waals surface area contributed by atoms with Crippen molar-refractivity contribution in [1.29, 1.82) is 0 Å². The van der Waals surface area contributed by atoms with Gasteiger partial charge in [0, 0.05) is 37.4 Å². The zero-order chi connectivity index (χ0) is 19.4. The summed E-state index contributed by atoms with van der Waals surface area (Å²) in [6.45, 7) is 1.16. The van der Waals surface area contributed by atoms with Gasteiger partial charge in [-0.25, -0.2) is 12.8 Å². The van der Waals surface area contributed by atoms with Crippen LogP contribution in [0.25, 0.3) is 0 Å². The highest BCUT2D eigenvalue weighted by molar-refractivity contribution is 7.89. The Hall–Kier alpha value is -2.78. The number of nitrogens with one attached hydrogen (secondary N) is 1. The molecule has 1 saturated heterocycles. The number of anilines is 1. The van der Waals surface area contributed by atoms with E-state index in [1.165, 1.54) is 57.7 Å². The molecule has 1 fully saturated rings. The molecular weight excluding hydrogens is 373 g/mol. The Morgan fingerprint density at radius 2 is 1.56 bits per heavy atom. The molecule has 9 heteroatoms. The topological polar surface area (TPSA) is 86.8 Å². The number of carbonyl (C=O) groups excluding carboxylic acids is 2. The molecule has 0 atom stereocenters. The second kappa shape index (κ2) is 7.85. The molecule has 0 bridgehead atoms. The average molecular weight is 391 g/mol. The van der Waals surface area contributed by atoms with Crippen molar-refractivity contribution >= 4 is 28.0 Å². The molecule has 1 aliphatic rings. The first-order valence-electron chi connectivity index (χ1n) is 8.26. The number of nitrogens with zero attached hydrogens (tertiary/aromatic N) is 2. The van der Waals surface area contributed by atoms with E-state index in [9.17, 15) is 22.4 Å². The maximum atomic E-state index is 12.9. The van der Waals surface area contributed by atoms with Gasteiger partial charge in [0.25, 0.3) is 5.91 Å². The molecule has 1 heterocycles. The first kappa shape index (κ1) is 19.0. The van der Waals surface area contributed by atoms with Crippen molar-refractivity contribution in [2.45, 2.75) is 4.90 Å². The quantitative estimate of drug-likeness (QED) is 0.784. The lowest BCUT2D eigenvalue weighted by molar-refractivity contribution is -0.119. The Balaban J connectivity index is 1.69. The van der Waals surface area contributed by atoms with Crippen molar-refractivity contribution in [2.24, 2.45) is 0 Å². The Morgan fingerprint density at radius 1 is 0.963 bits per heavy atom. The van der Waals surface area contributed by atoms with Gasteiger partial charge in [-0.1, -0.05) is 0 Å². The van der Waals surface area contributed by atoms with Crippen LogP contribution in [-0.4, -0.2) is 56.1 Å². The zero-order valence-corrected chi connectivity index (χ0v) is 15.2. The summed E-state index contributed by atoms with van der Waals surface area (Å²) in [6, 6.07) is 10.9. The van der Waals surface area contributed by atoms with E-state index < -0.39 is 21.7 Å². The first-order valence-corrected chi connectivity index (χ1v) is 9.70. The fourth-order valence-corrected chi connectivity index (χ4v) is 4.14. The number of benzene rings is 2. The summed E-state index contributed by atoms with van der Waals surface area (Å²) < 4.78 is 39.6. The highest BCUT2D eigenvalue weighted by atomic mass is 32.2. The lowest BCUT2D eigenvalue weighted by Gasteiger charge is -2.31. The minimum atomic E-state index is -3.68. The molecule has 3 rings (SSSR count). The first-order chi connectivity index (χ1) is 12.9. The molecule has 142 valence electrons. The molecule has 0 aliphatic carbocycles.